The van der Waals surface area contributed by atoms with Crippen LogP contribution in [0.2, 0.25) is 0 Å². The summed E-state index contributed by atoms with van der Waals surface area (Å²) in [5.74, 6) is 0.347. The molecule has 0 amide bonds. The van der Waals surface area contributed by atoms with Gasteiger partial charge in [-0.2, -0.15) is 4.98 Å². The van der Waals surface area contributed by atoms with E-state index in [1.807, 2.05) is 0 Å². The third-order valence-corrected chi connectivity index (χ3v) is 1.10. The maximum atomic E-state index is 5.21. The molecule has 0 atom stereocenters. The van der Waals surface area contributed by atoms with Crippen molar-refractivity contribution in [1.82, 2.24) is 15.3 Å². The van der Waals surface area contributed by atoms with Crippen molar-refractivity contribution < 1.29 is 9.05 Å². The highest BCUT2D eigenvalue weighted by Crippen LogP contribution is 2.13. The Morgan fingerprint density at radius 3 is 2.82 bits per heavy atom. The van der Waals surface area contributed by atoms with Crippen molar-refractivity contribution in [3.8, 4) is 11.6 Å². The molecule has 0 aliphatic carbocycles. The van der Waals surface area contributed by atoms with E-state index in [0.29, 0.717) is 5.69 Å². The van der Waals surface area contributed by atoms with Gasteiger partial charge in [0, 0.05) is 6.07 Å². The highest BCUT2D eigenvalue weighted by Gasteiger charge is 2.08. The molecule has 0 radical (unpaired) electrons. The molecular formula is C5H4N4O2. The summed E-state index contributed by atoms with van der Waals surface area (Å²) in [6.45, 7) is 0. The lowest BCUT2D eigenvalue weighted by Crippen LogP contribution is -1.85. The normalized spacial score (nSPS) is 10.2. The van der Waals surface area contributed by atoms with Gasteiger partial charge in [0.25, 0.3) is 11.8 Å². The van der Waals surface area contributed by atoms with Crippen LogP contribution in [0.5, 0.6) is 0 Å². The number of aromatic nitrogens is 3. The average molecular weight is 152 g/mol. The minimum absolute atomic E-state index is 0.0861. The zero-order valence-electron chi connectivity index (χ0n) is 5.39. The Hall–Kier alpha value is -1.85. The lowest BCUT2D eigenvalue weighted by atomic mass is 10.4. The second-order valence-electron chi connectivity index (χ2n) is 1.84. The fraction of sp³-hybridized carbons (Fsp3) is 0. The first kappa shape index (κ1) is 5.90. The van der Waals surface area contributed by atoms with E-state index in [9.17, 15) is 0 Å². The number of nitrogen functional groups attached to an aromatic ring is 1. The fourth-order valence-electron chi connectivity index (χ4n) is 0.662. The van der Waals surface area contributed by atoms with Gasteiger partial charge in [0.2, 0.25) is 0 Å². The SMILES string of the molecule is Nc1noc(-c2ccon2)n1. The van der Waals surface area contributed by atoms with Gasteiger partial charge in [0.05, 0.1) is 0 Å². The summed E-state index contributed by atoms with van der Waals surface area (Å²) in [7, 11) is 0. The van der Waals surface area contributed by atoms with Crippen LogP contribution in [-0.4, -0.2) is 15.3 Å². The second kappa shape index (κ2) is 2.08. The van der Waals surface area contributed by atoms with Crippen molar-refractivity contribution in [2.24, 2.45) is 0 Å². The molecule has 0 aliphatic heterocycles. The molecular weight excluding hydrogens is 148 g/mol. The van der Waals surface area contributed by atoms with Gasteiger partial charge in [0.1, 0.15) is 6.26 Å². The van der Waals surface area contributed by atoms with Crippen LogP contribution in [0.15, 0.2) is 21.4 Å². The van der Waals surface area contributed by atoms with Gasteiger partial charge >= 0.3 is 0 Å². The highest BCUT2D eigenvalue weighted by molar-refractivity contribution is 5.45. The second-order valence-corrected chi connectivity index (χ2v) is 1.84. The van der Waals surface area contributed by atoms with E-state index in [-0.39, 0.29) is 11.8 Å². The summed E-state index contributed by atoms with van der Waals surface area (Å²) in [5, 5.41) is 6.96. The number of hydrogen-bond acceptors (Lipinski definition) is 6. The Labute approximate surface area is 61.0 Å². The summed E-state index contributed by atoms with van der Waals surface area (Å²) >= 11 is 0. The summed E-state index contributed by atoms with van der Waals surface area (Å²) in [6.07, 6.45) is 1.41. The molecule has 0 aromatic carbocycles. The fourth-order valence-corrected chi connectivity index (χ4v) is 0.662. The monoisotopic (exact) mass is 152 g/mol. The van der Waals surface area contributed by atoms with Crippen molar-refractivity contribution in [1.29, 1.82) is 0 Å². The zero-order valence-corrected chi connectivity index (χ0v) is 5.39. The molecule has 6 nitrogen and oxygen atoms in total. The minimum Gasteiger partial charge on any atom is -0.365 e. The predicted molar refractivity (Wildman–Crippen MR) is 34.2 cm³/mol. The summed E-state index contributed by atoms with van der Waals surface area (Å²) < 4.78 is 9.26. The molecule has 2 heterocycles. The van der Waals surface area contributed by atoms with E-state index < -0.39 is 0 Å². The zero-order chi connectivity index (χ0) is 7.68. The molecule has 0 aliphatic rings. The van der Waals surface area contributed by atoms with Gasteiger partial charge in [-0.05, 0) is 5.16 Å². The summed E-state index contributed by atoms with van der Waals surface area (Å²) in [4.78, 5) is 3.73. The molecule has 2 rings (SSSR count). The van der Waals surface area contributed by atoms with Crippen LogP contribution in [0.3, 0.4) is 0 Å². The maximum Gasteiger partial charge on any atom is 0.281 e. The highest BCUT2D eigenvalue weighted by atomic mass is 16.5. The van der Waals surface area contributed by atoms with Crippen molar-refractivity contribution in [2.75, 3.05) is 5.73 Å². The molecule has 2 aromatic heterocycles. The third kappa shape index (κ3) is 0.936. The van der Waals surface area contributed by atoms with Crippen LogP contribution in [0, 0.1) is 0 Å². The van der Waals surface area contributed by atoms with Crippen molar-refractivity contribution in [3.05, 3.63) is 12.3 Å². The largest absolute Gasteiger partial charge is 0.365 e. The van der Waals surface area contributed by atoms with Crippen LogP contribution in [-0.2, 0) is 0 Å². The minimum atomic E-state index is 0.0861. The summed E-state index contributed by atoms with van der Waals surface area (Å²) in [6, 6.07) is 1.60. The van der Waals surface area contributed by atoms with Gasteiger partial charge in [-0.3, -0.25) is 0 Å². The van der Waals surface area contributed by atoms with Crippen LogP contribution < -0.4 is 5.73 Å². The van der Waals surface area contributed by atoms with Crippen molar-refractivity contribution >= 4 is 5.95 Å². The first-order chi connectivity index (χ1) is 5.36. The Balaban J connectivity index is 2.45. The number of hydrogen-bond donors (Lipinski definition) is 1. The Morgan fingerprint density at radius 2 is 2.27 bits per heavy atom. The number of anilines is 1. The molecule has 2 aromatic rings. The van der Waals surface area contributed by atoms with E-state index in [1.165, 1.54) is 6.26 Å². The lowest BCUT2D eigenvalue weighted by molar-refractivity contribution is 0.405. The average Bonchev–Trinajstić information content (AvgIpc) is 2.55. The molecule has 0 saturated carbocycles. The van der Waals surface area contributed by atoms with E-state index in [1.54, 1.807) is 6.07 Å². The van der Waals surface area contributed by atoms with Crippen molar-refractivity contribution in [3.63, 3.8) is 0 Å². The van der Waals surface area contributed by atoms with Gasteiger partial charge in [0.15, 0.2) is 5.69 Å². The van der Waals surface area contributed by atoms with Crippen LogP contribution in [0.25, 0.3) is 11.6 Å². The Bertz CT molecular complexity index is 339. The molecule has 0 saturated heterocycles. The van der Waals surface area contributed by atoms with Gasteiger partial charge in [-0.25, -0.2) is 0 Å². The van der Waals surface area contributed by atoms with E-state index in [2.05, 4.69) is 19.8 Å². The molecule has 0 fully saturated rings. The van der Waals surface area contributed by atoms with Crippen LogP contribution in [0.4, 0.5) is 5.95 Å². The van der Waals surface area contributed by atoms with Crippen LogP contribution in [0.1, 0.15) is 0 Å². The van der Waals surface area contributed by atoms with Gasteiger partial charge in [-0.15, -0.1) is 0 Å². The van der Waals surface area contributed by atoms with E-state index >= 15 is 0 Å². The third-order valence-electron chi connectivity index (χ3n) is 1.10. The Morgan fingerprint density at radius 1 is 1.36 bits per heavy atom. The number of nitrogens with two attached hydrogens (primary N) is 1. The van der Waals surface area contributed by atoms with Gasteiger partial charge < -0.3 is 14.8 Å². The topological polar surface area (TPSA) is 91.0 Å². The van der Waals surface area contributed by atoms with Crippen LogP contribution >= 0.6 is 0 Å². The molecule has 0 spiro atoms. The number of rotatable bonds is 1. The standard InChI is InChI=1S/C5H4N4O2/c6-5-7-4(11-9-5)3-1-2-10-8-3/h1-2H,(H2,6,9). The van der Waals surface area contributed by atoms with E-state index in [4.69, 9.17) is 10.3 Å². The first-order valence-corrected chi connectivity index (χ1v) is 2.86. The Kier molecular flexibility index (Phi) is 1.12. The smallest absolute Gasteiger partial charge is 0.281 e. The number of nitrogens with zero attached hydrogens (tertiary/aromatic N) is 3. The van der Waals surface area contributed by atoms with Crippen molar-refractivity contribution in [2.45, 2.75) is 0 Å². The lowest BCUT2D eigenvalue weighted by Gasteiger charge is -1.77. The molecule has 2 N–H and O–H groups in total. The van der Waals surface area contributed by atoms with Gasteiger partial charge in [-0.1, -0.05) is 5.16 Å². The molecule has 56 valence electrons. The maximum absolute atomic E-state index is 5.21. The molecule has 6 heteroatoms. The quantitative estimate of drug-likeness (QED) is 0.632. The first-order valence-electron chi connectivity index (χ1n) is 2.86. The predicted octanol–water partition coefficient (Wildman–Crippen LogP) is 0.307. The molecule has 0 bridgehead atoms. The molecule has 0 unspecified atom stereocenters. The summed E-state index contributed by atoms with van der Waals surface area (Å²) in [5.41, 5.74) is 5.69. The molecule has 11 heavy (non-hydrogen) atoms. The van der Waals surface area contributed by atoms with E-state index in [0.717, 1.165) is 0 Å².